The predicted molar refractivity (Wildman–Crippen MR) is 105 cm³/mol. The van der Waals surface area contributed by atoms with E-state index < -0.39 is 35.9 Å². The number of halogens is 1. The number of methoxy groups -OCH3 is 1. The number of rotatable bonds is 7. The molecule has 0 bridgehead atoms. The van der Waals surface area contributed by atoms with E-state index in [0.717, 1.165) is 16.4 Å². The lowest BCUT2D eigenvalue weighted by Gasteiger charge is -2.15. The number of hydrogen-bond donors (Lipinski definition) is 2. The molecule has 0 saturated heterocycles. The van der Waals surface area contributed by atoms with Gasteiger partial charge in [-0.25, -0.2) is 35.6 Å². The van der Waals surface area contributed by atoms with Gasteiger partial charge in [-0.05, 0) is 12.1 Å². The molecule has 2 aromatic rings. The molecule has 29 heavy (non-hydrogen) atoms. The third-order valence-electron chi connectivity index (χ3n) is 3.45. The highest BCUT2D eigenvalue weighted by Crippen LogP contribution is 2.23. The van der Waals surface area contributed by atoms with Crippen LogP contribution in [0.1, 0.15) is 5.69 Å². The highest BCUT2D eigenvalue weighted by molar-refractivity contribution is 7.92. The molecule has 1 heterocycles. The summed E-state index contributed by atoms with van der Waals surface area (Å²) in [5, 5.41) is 2.15. The van der Waals surface area contributed by atoms with Gasteiger partial charge in [0.05, 0.1) is 18.7 Å². The maximum absolute atomic E-state index is 12.6. The van der Waals surface area contributed by atoms with E-state index in [1.54, 1.807) is 4.72 Å². The van der Waals surface area contributed by atoms with Crippen molar-refractivity contribution in [3.8, 4) is 5.88 Å². The Balaban J connectivity index is 2.33. The van der Waals surface area contributed by atoms with Crippen molar-refractivity contribution in [3.63, 3.8) is 0 Å². The Morgan fingerprint density at radius 3 is 2.31 bits per heavy atom. The molecule has 11 nitrogen and oxygen atoms in total. The Kier molecular flexibility index (Phi) is 7.00. The van der Waals surface area contributed by atoms with Crippen molar-refractivity contribution < 1.29 is 26.4 Å². The van der Waals surface area contributed by atoms with Crippen molar-refractivity contribution in [2.24, 2.45) is 0 Å². The molecule has 14 heteroatoms. The van der Waals surface area contributed by atoms with Crippen LogP contribution in [0.4, 0.5) is 10.7 Å². The van der Waals surface area contributed by atoms with Crippen molar-refractivity contribution in [2.75, 3.05) is 26.5 Å². The lowest BCUT2D eigenvalue weighted by atomic mass is 10.4. The van der Waals surface area contributed by atoms with Gasteiger partial charge in [0.25, 0.3) is 10.0 Å². The van der Waals surface area contributed by atoms with Crippen molar-refractivity contribution in [1.29, 1.82) is 0 Å². The number of nitrogens with one attached hydrogen (secondary N) is 2. The third-order valence-corrected chi connectivity index (χ3v) is 7.12. The molecule has 0 aliphatic rings. The maximum atomic E-state index is 12.6. The minimum atomic E-state index is -4.54. The Morgan fingerprint density at radius 1 is 1.14 bits per heavy atom. The van der Waals surface area contributed by atoms with E-state index in [-0.39, 0.29) is 17.7 Å². The summed E-state index contributed by atoms with van der Waals surface area (Å²) in [7, 11) is -4.76. The van der Waals surface area contributed by atoms with Crippen LogP contribution in [0.2, 0.25) is 0 Å². The van der Waals surface area contributed by atoms with Gasteiger partial charge in [-0.2, -0.15) is 4.98 Å². The van der Waals surface area contributed by atoms with Crippen molar-refractivity contribution in [1.82, 2.24) is 19.0 Å². The number of benzene rings is 1. The summed E-state index contributed by atoms with van der Waals surface area (Å²) in [5.41, 5.74) is 0.332. The summed E-state index contributed by atoms with van der Waals surface area (Å²) in [5.74, 6) is -0.137. The summed E-state index contributed by atoms with van der Waals surface area (Å²) in [4.78, 5) is 18.9. The quantitative estimate of drug-likeness (QED) is 0.577. The van der Waals surface area contributed by atoms with Crippen LogP contribution in [0.5, 0.6) is 5.88 Å². The van der Waals surface area contributed by atoms with E-state index in [0.29, 0.717) is 5.69 Å². The molecule has 0 saturated carbocycles. The summed E-state index contributed by atoms with van der Waals surface area (Å²) < 4.78 is 57.6. The number of sulfonamides is 2. The average Bonchev–Trinajstić information content (AvgIpc) is 2.66. The number of nitrogens with zero attached hydrogens (tertiary/aromatic N) is 3. The van der Waals surface area contributed by atoms with E-state index >= 15 is 0 Å². The zero-order valence-corrected chi connectivity index (χ0v) is 18.0. The number of hydrogen-bond acceptors (Lipinski definition) is 8. The normalized spacial score (nSPS) is 11.9. The van der Waals surface area contributed by atoms with Crippen LogP contribution in [0.3, 0.4) is 0 Å². The molecular weight excluding hydrogens is 446 g/mol. The minimum Gasteiger partial charge on any atom is -0.481 e. The van der Waals surface area contributed by atoms with E-state index in [9.17, 15) is 21.6 Å². The number of urea groups is 1. The number of amides is 2. The zero-order chi connectivity index (χ0) is 21.8. The Bertz CT molecular complexity index is 1100. The van der Waals surface area contributed by atoms with Gasteiger partial charge in [-0.15, -0.1) is 11.6 Å². The molecule has 1 aromatic heterocycles. The summed E-state index contributed by atoms with van der Waals surface area (Å²) >= 11 is 5.71. The Hall–Kier alpha value is -2.48. The van der Waals surface area contributed by atoms with Gasteiger partial charge >= 0.3 is 6.03 Å². The number of aromatic nitrogens is 2. The number of anilines is 1. The molecule has 158 valence electrons. The van der Waals surface area contributed by atoms with Gasteiger partial charge < -0.3 is 4.74 Å². The first-order chi connectivity index (χ1) is 13.5. The van der Waals surface area contributed by atoms with Crippen molar-refractivity contribution >= 4 is 43.6 Å². The smallest absolute Gasteiger partial charge is 0.335 e. The van der Waals surface area contributed by atoms with Crippen molar-refractivity contribution in [2.45, 2.75) is 15.7 Å². The summed E-state index contributed by atoms with van der Waals surface area (Å²) in [6.45, 7) is 0. The second-order valence-corrected chi connectivity index (χ2v) is 9.69. The lowest BCUT2D eigenvalue weighted by Crippen LogP contribution is -2.36. The first-order valence-electron chi connectivity index (χ1n) is 7.84. The minimum absolute atomic E-state index is 0.00322. The first kappa shape index (κ1) is 22.8. The molecule has 2 N–H and O–H groups in total. The summed E-state index contributed by atoms with van der Waals surface area (Å²) in [6, 6.07) is 5.14. The Morgan fingerprint density at radius 2 is 1.76 bits per heavy atom. The lowest BCUT2D eigenvalue weighted by molar-refractivity contribution is 0.256. The van der Waals surface area contributed by atoms with Crippen LogP contribution in [0.25, 0.3) is 0 Å². The Labute approximate surface area is 173 Å². The first-order valence-corrected chi connectivity index (χ1v) is 11.3. The average molecular weight is 464 g/mol. The summed E-state index contributed by atoms with van der Waals surface area (Å²) in [6.07, 6.45) is 0. The fourth-order valence-electron chi connectivity index (χ4n) is 2.09. The number of alkyl halides is 1. The topological polar surface area (TPSA) is 148 Å². The molecule has 2 amide bonds. The molecule has 0 radical (unpaired) electrons. The van der Waals surface area contributed by atoms with Gasteiger partial charge in [-0.1, -0.05) is 12.1 Å². The van der Waals surface area contributed by atoms with Gasteiger partial charge in [0.1, 0.15) is 9.79 Å². The third kappa shape index (κ3) is 5.32. The van der Waals surface area contributed by atoms with Crippen LogP contribution < -0.4 is 14.8 Å². The van der Waals surface area contributed by atoms with Crippen LogP contribution >= 0.6 is 11.6 Å². The van der Waals surface area contributed by atoms with Gasteiger partial charge in [0.2, 0.25) is 21.9 Å². The van der Waals surface area contributed by atoms with Crippen LogP contribution in [-0.2, 0) is 25.9 Å². The zero-order valence-electron chi connectivity index (χ0n) is 15.6. The molecule has 0 unspecified atom stereocenters. The molecule has 0 aliphatic carbocycles. The molecule has 0 fully saturated rings. The maximum Gasteiger partial charge on any atom is 0.335 e. The number of ether oxygens (including phenoxy) is 1. The molecule has 2 rings (SSSR count). The fourth-order valence-corrected chi connectivity index (χ4v) is 4.83. The van der Waals surface area contributed by atoms with Gasteiger partial charge in [0.15, 0.2) is 0 Å². The standard InChI is InChI=1S/C15H18ClN5O6S2/c1-21(2)29(25,26)12-7-5-4-6-11(12)28(23,24)20-15(22)19-14-17-10(9-16)8-13(18-14)27-3/h4-8H,9H2,1-3H3,(H2,17,18,19,20,22). The van der Waals surface area contributed by atoms with E-state index in [2.05, 4.69) is 15.3 Å². The fraction of sp³-hybridized carbons (Fsp3) is 0.267. The monoisotopic (exact) mass is 463 g/mol. The van der Waals surface area contributed by atoms with Crippen molar-refractivity contribution in [3.05, 3.63) is 36.0 Å². The number of carbonyl (C=O) groups is 1. The highest BCUT2D eigenvalue weighted by atomic mass is 35.5. The largest absolute Gasteiger partial charge is 0.481 e. The molecule has 1 aromatic carbocycles. The molecule has 0 atom stereocenters. The molecular formula is C15H18ClN5O6S2. The SMILES string of the molecule is COc1cc(CCl)nc(NC(=O)NS(=O)(=O)c2ccccc2S(=O)(=O)N(C)C)n1. The van der Waals surface area contributed by atoms with Crippen LogP contribution in [0, 0.1) is 0 Å². The van der Waals surface area contributed by atoms with E-state index in [1.165, 1.54) is 39.4 Å². The van der Waals surface area contributed by atoms with Crippen LogP contribution in [0.15, 0.2) is 40.1 Å². The number of carbonyl (C=O) groups excluding carboxylic acids is 1. The van der Waals surface area contributed by atoms with Gasteiger partial charge in [0, 0.05) is 20.2 Å². The molecule has 0 spiro atoms. The van der Waals surface area contributed by atoms with E-state index in [1.807, 2.05) is 0 Å². The second-order valence-electron chi connectivity index (χ2n) is 5.65. The van der Waals surface area contributed by atoms with Gasteiger partial charge in [-0.3, -0.25) is 5.32 Å². The van der Waals surface area contributed by atoms with E-state index in [4.69, 9.17) is 16.3 Å². The second kappa shape index (κ2) is 8.90. The predicted octanol–water partition coefficient (Wildman–Crippen LogP) is 0.985. The molecule has 0 aliphatic heterocycles. The van der Waals surface area contributed by atoms with Crippen LogP contribution in [-0.4, -0.2) is 58.3 Å². The highest BCUT2D eigenvalue weighted by Gasteiger charge is 2.29.